The van der Waals surface area contributed by atoms with E-state index in [9.17, 15) is 8.42 Å². The lowest BCUT2D eigenvalue weighted by Crippen LogP contribution is -2.42. The van der Waals surface area contributed by atoms with Crippen LogP contribution in [0.25, 0.3) is 0 Å². The lowest BCUT2D eigenvalue weighted by Gasteiger charge is -2.23. The van der Waals surface area contributed by atoms with E-state index < -0.39 is 18.9 Å². The van der Waals surface area contributed by atoms with Gasteiger partial charge in [-0.15, -0.1) is 0 Å². The lowest BCUT2D eigenvalue weighted by atomic mass is 10.6. The van der Waals surface area contributed by atoms with Crippen LogP contribution in [0.2, 0.25) is 6.04 Å². The maximum Gasteiger partial charge on any atom is 0.500 e. The second kappa shape index (κ2) is 5.78. The third-order valence-corrected chi connectivity index (χ3v) is 5.45. The smallest absolute Gasteiger partial charge is 0.377 e. The first-order valence-electron chi connectivity index (χ1n) is 4.00. The number of hydrogen-bond acceptors (Lipinski definition) is 5. The highest BCUT2D eigenvalue weighted by molar-refractivity contribution is 7.85. The summed E-state index contributed by atoms with van der Waals surface area (Å²) >= 11 is 0. The van der Waals surface area contributed by atoms with Gasteiger partial charge in [0.25, 0.3) is 10.1 Å². The minimum absolute atomic E-state index is 0.251. The van der Waals surface area contributed by atoms with E-state index in [1.165, 1.54) is 21.3 Å². The highest BCUT2D eigenvalue weighted by Crippen LogP contribution is 2.15. The molecule has 8 heteroatoms. The zero-order valence-electron chi connectivity index (χ0n) is 8.52. The van der Waals surface area contributed by atoms with Crippen LogP contribution in [0.5, 0.6) is 0 Å². The highest BCUT2D eigenvalue weighted by Gasteiger charge is 2.37. The molecular weight excluding hydrogens is 228 g/mol. The molecule has 0 aromatic heterocycles. The zero-order chi connectivity index (χ0) is 11.2. The summed E-state index contributed by atoms with van der Waals surface area (Å²) in [5.74, 6) is -0.308. The van der Waals surface area contributed by atoms with E-state index >= 15 is 0 Å². The summed E-state index contributed by atoms with van der Waals surface area (Å²) in [7, 11) is -2.26. The first-order chi connectivity index (χ1) is 6.39. The van der Waals surface area contributed by atoms with Crippen molar-refractivity contribution >= 4 is 18.9 Å². The Kier molecular flexibility index (Phi) is 5.79. The van der Waals surface area contributed by atoms with Crippen LogP contribution < -0.4 is 0 Å². The Balaban J connectivity index is 4.08. The van der Waals surface area contributed by atoms with Crippen LogP contribution in [0.3, 0.4) is 0 Å². The van der Waals surface area contributed by atoms with Crippen LogP contribution in [0.1, 0.15) is 6.42 Å². The fraction of sp³-hybridized carbons (Fsp3) is 1.00. The van der Waals surface area contributed by atoms with E-state index in [-0.39, 0.29) is 12.2 Å². The standard InChI is InChI=1S/C6H16O6SSi/c1-10-14(11-2,12-3)6-4-5-13(7,8)9/h4-6H2,1-3H3,(H,7,8,9). The van der Waals surface area contributed by atoms with Gasteiger partial charge in [-0.05, 0) is 6.42 Å². The van der Waals surface area contributed by atoms with Crippen molar-refractivity contribution < 1.29 is 26.2 Å². The normalized spacial score (nSPS) is 13.1. The van der Waals surface area contributed by atoms with Gasteiger partial charge in [0.15, 0.2) is 0 Å². The molecule has 0 saturated heterocycles. The van der Waals surface area contributed by atoms with E-state index in [1.807, 2.05) is 0 Å². The van der Waals surface area contributed by atoms with Crippen LogP contribution in [0.4, 0.5) is 0 Å². The van der Waals surface area contributed by atoms with Gasteiger partial charge in [0, 0.05) is 27.4 Å². The largest absolute Gasteiger partial charge is 0.500 e. The Morgan fingerprint density at radius 3 is 1.86 bits per heavy atom. The summed E-state index contributed by atoms with van der Waals surface area (Å²) in [5.41, 5.74) is 0. The first kappa shape index (κ1) is 14.0. The Hall–Kier alpha value is 0.00688. The second-order valence-electron chi connectivity index (χ2n) is 2.68. The van der Waals surface area contributed by atoms with Crippen LogP contribution in [-0.4, -0.2) is 48.9 Å². The molecule has 0 atom stereocenters. The lowest BCUT2D eigenvalue weighted by molar-refractivity contribution is 0.123. The molecular formula is C6H16O6SSi. The topological polar surface area (TPSA) is 82.1 Å². The van der Waals surface area contributed by atoms with Crippen molar-refractivity contribution in [2.75, 3.05) is 27.1 Å². The van der Waals surface area contributed by atoms with Crippen LogP contribution in [-0.2, 0) is 23.4 Å². The van der Waals surface area contributed by atoms with Crippen molar-refractivity contribution in [3.05, 3.63) is 0 Å². The minimum atomic E-state index is -3.92. The minimum Gasteiger partial charge on any atom is -0.377 e. The molecule has 0 unspecified atom stereocenters. The van der Waals surface area contributed by atoms with Gasteiger partial charge in [-0.2, -0.15) is 8.42 Å². The number of rotatable bonds is 7. The molecule has 0 bridgehead atoms. The quantitative estimate of drug-likeness (QED) is 0.507. The van der Waals surface area contributed by atoms with Gasteiger partial charge in [-0.3, -0.25) is 4.55 Å². The summed E-state index contributed by atoms with van der Waals surface area (Å²) < 4.78 is 44.6. The molecule has 0 rings (SSSR count). The molecule has 0 aliphatic carbocycles. The van der Waals surface area contributed by atoms with E-state index in [2.05, 4.69) is 0 Å². The molecule has 0 saturated carbocycles. The molecule has 0 aliphatic rings. The van der Waals surface area contributed by atoms with E-state index in [0.29, 0.717) is 6.04 Å². The highest BCUT2D eigenvalue weighted by atomic mass is 32.2. The summed E-state index contributed by atoms with van der Waals surface area (Å²) in [5, 5.41) is 0. The summed E-state index contributed by atoms with van der Waals surface area (Å²) in [6.45, 7) is 0. The van der Waals surface area contributed by atoms with E-state index in [4.69, 9.17) is 17.8 Å². The van der Waals surface area contributed by atoms with Gasteiger partial charge in [-0.25, -0.2) is 0 Å². The third-order valence-electron chi connectivity index (χ3n) is 1.82. The van der Waals surface area contributed by atoms with Gasteiger partial charge in [0.05, 0.1) is 5.75 Å². The molecule has 0 heterocycles. The van der Waals surface area contributed by atoms with Crippen LogP contribution >= 0.6 is 0 Å². The molecule has 14 heavy (non-hydrogen) atoms. The maximum absolute atomic E-state index is 10.4. The molecule has 0 radical (unpaired) electrons. The van der Waals surface area contributed by atoms with Crippen LogP contribution in [0, 0.1) is 0 Å². The van der Waals surface area contributed by atoms with Crippen molar-refractivity contribution in [1.82, 2.24) is 0 Å². The maximum atomic E-state index is 10.4. The van der Waals surface area contributed by atoms with Gasteiger partial charge in [0.2, 0.25) is 0 Å². The number of hydrogen-bond donors (Lipinski definition) is 1. The van der Waals surface area contributed by atoms with Crippen molar-refractivity contribution in [3.63, 3.8) is 0 Å². The average Bonchev–Trinajstić information content (AvgIpc) is 2.11. The third kappa shape index (κ3) is 5.03. The monoisotopic (exact) mass is 244 g/mol. The Bertz CT molecular complexity index is 239. The van der Waals surface area contributed by atoms with Crippen molar-refractivity contribution in [2.24, 2.45) is 0 Å². The molecule has 0 spiro atoms. The summed E-state index contributed by atoms with van der Waals surface area (Å²) in [4.78, 5) is 0. The summed E-state index contributed by atoms with van der Waals surface area (Å²) in [6, 6.07) is 0.357. The Morgan fingerprint density at radius 2 is 1.57 bits per heavy atom. The predicted octanol–water partition coefficient (Wildman–Crippen LogP) is 0.142. The molecule has 6 nitrogen and oxygen atoms in total. The molecule has 0 fully saturated rings. The van der Waals surface area contributed by atoms with Crippen molar-refractivity contribution in [1.29, 1.82) is 0 Å². The zero-order valence-corrected chi connectivity index (χ0v) is 10.3. The second-order valence-corrected chi connectivity index (χ2v) is 7.35. The Morgan fingerprint density at radius 1 is 1.14 bits per heavy atom. The molecule has 0 amide bonds. The van der Waals surface area contributed by atoms with Gasteiger partial charge < -0.3 is 13.3 Å². The van der Waals surface area contributed by atoms with Gasteiger partial charge >= 0.3 is 8.80 Å². The molecule has 86 valence electrons. The fourth-order valence-electron chi connectivity index (χ4n) is 1.03. The molecule has 0 aromatic carbocycles. The van der Waals surface area contributed by atoms with Gasteiger partial charge in [-0.1, -0.05) is 0 Å². The average molecular weight is 244 g/mol. The predicted molar refractivity (Wildman–Crippen MR) is 52.6 cm³/mol. The molecule has 0 aliphatic heterocycles. The first-order valence-corrected chi connectivity index (χ1v) is 7.54. The van der Waals surface area contributed by atoms with E-state index in [0.717, 1.165) is 0 Å². The van der Waals surface area contributed by atoms with Crippen molar-refractivity contribution in [2.45, 2.75) is 12.5 Å². The van der Waals surface area contributed by atoms with Crippen molar-refractivity contribution in [3.8, 4) is 0 Å². The molecule has 1 N–H and O–H groups in total. The Labute approximate surface area is 85.3 Å². The fourth-order valence-corrected chi connectivity index (χ4v) is 3.51. The van der Waals surface area contributed by atoms with Crippen LogP contribution in [0.15, 0.2) is 0 Å². The summed E-state index contributed by atoms with van der Waals surface area (Å²) in [6.07, 6.45) is 0.251. The van der Waals surface area contributed by atoms with Gasteiger partial charge in [0.1, 0.15) is 0 Å². The van der Waals surface area contributed by atoms with E-state index in [1.54, 1.807) is 0 Å². The SMILES string of the molecule is CO[Si](CCCS(=O)(=O)O)(OC)OC. The molecule has 0 aromatic rings.